The summed E-state index contributed by atoms with van der Waals surface area (Å²) in [5, 5.41) is 2.75. The van der Waals surface area contributed by atoms with Gasteiger partial charge in [-0.3, -0.25) is 19.3 Å². The lowest BCUT2D eigenvalue weighted by Crippen LogP contribution is -2.36. The predicted octanol–water partition coefficient (Wildman–Crippen LogP) is 4.23. The van der Waals surface area contributed by atoms with Gasteiger partial charge in [0.05, 0.1) is 16.2 Å². The van der Waals surface area contributed by atoms with Gasteiger partial charge in [0.25, 0.3) is 11.1 Å². The summed E-state index contributed by atoms with van der Waals surface area (Å²) in [6, 6.07) is 15.6. The molecule has 0 spiro atoms. The van der Waals surface area contributed by atoms with Crippen molar-refractivity contribution in [3.63, 3.8) is 0 Å². The number of rotatable bonds is 4. The number of thioether (sulfide) groups is 1. The Morgan fingerprint density at radius 3 is 2.63 bits per heavy atom. The van der Waals surface area contributed by atoms with Gasteiger partial charge in [-0.1, -0.05) is 30.3 Å². The Labute approximate surface area is 182 Å². The lowest BCUT2D eigenvalue weighted by molar-refractivity contribution is -0.127. The Balaban J connectivity index is 1.54. The van der Waals surface area contributed by atoms with Crippen molar-refractivity contribution in [2.24, 2.45) is 0 Å². The number of imide groups is 1. The standard InChI is InChI=1S/C21H13BrN2O5S/c22-14-6-2-3-7-15(14)23-18(25)11-24-19(26)17(30-21(24)28)10-13-9-12-5-1-4-8-16(12)29-20(13)27/h1-10H,11H2,(H,23,25)/b17-10+. The molecule has 7 nitrogen and oxygen atoms in total. The Kier molecular flexibility index (Phi) is 5.56. The first-order valence-corrected chi connectivity index (χ1v) is 10.4. The van der Waals surface area contributed by atoms with Crippen molar-refractivity contribution >= 4 is 67.5 Å². The van der Waals surface area contributed by atoms with Crippen LogP contribution in [0.5, 0.6) is 0 Å². The van der Waals surface area contributed by atoms with Gasteiger partial charge in [0.15, 0.2) is 0 Å². The lowest BCUT2D eigenvalue weighted by atomic mass is 10.2. The van der Waals surface area contributed by atoms with Crippen LogP contribution in [0.25, 0.3) is 17.0 Å². The summed E-state index contributed by atoms with van der Waals surface area (Å²) in [5.41, 5.74) is 0.485. The maximum Gasteiger partial charge on any atom is 0.343 e. The molecule has 1 N–H and O–H groups in total. The molecular formula is C21H13BrN2O5S. The van der Waals surface area contributed by atoms with Gasteiger partial charge in [0.1, 0.15) is 12.1 Å². The number of hydrogen-bond donors (Lipinski definition) is 1. The van der Waals surface area contributed by atoms with E-state index in [1.54, 1.807) is 54.6 Å². The van der Waals surface area contributed by atoms with Crippen molar-refractivity contribution in [3.05, 3.63) is 80.0 Å². The molecule has 0 atom stereocenters. The maximum atomic E-state index is 12.6. The van der Waals surface area contributed by atoms with Gasteiger partial charge >= 0.3 is 5.63 Å². The third kappa shape index (κ3) is 4.07. The summed E-state index contributed by atoms with van der Waals surface area (Å²) in [5.74, 6) is -1.16. The number of para-hydroxylation sites is 2. The highest BCUT2D eigenvalue weighted by atomic mass is 79.9. The number of anilines is 1. The molecule has 1 aromatic heterocycles. The Morgan fingerprint density at radius 1 is 1.10 bits per heavy atom. The van der Waals surface area contributed by atoms with E-state index in [0.717, 1.165) is 4.90 Å². The summed E-state index contributed by atoms with van der Waals surface area (Å²) in [6.07, 6.45) is 1.31. The molecule has 2 heterocycles. The zero-order chi connectivity index (χ0) is 21.3. The van der Waals surface area contributed by atoms with Crippen LogP contribution in [0.1, 0.15) is 5.56 Å². The van der Waals surface area contributed by atoms with Crippen molar-refractivity contribution in [1.82, 2.24) is 4.90 Å². The summed E-state index contributed by atoms with van der Waals surface area (Å²) in [4.78, 5) is 50.3. The van der Waals surface area contributed by atoms with E-state index >= 15 is 0 Å². The van der Waals surface area contributed by atoms with Crippen LogP contribution < -0.4 is 10.9 Å². The first kappa shape index (κ1) is 20.1. The van der Waals surface area contributed by atoms with Crippen molar-refractivity contribution in [2.45, 2.75) is 0 Å². The number of amides is 3. The van der Waals surface area contributed by atoms with E-state index < -0.39 is 29.2 Å². The van der Waals surface area contributed by atoms with Gasteiger partial charge in [-0.25, -0.2) is 4.79 Å². The Morgan fingerprint density at radius 2 is 1.83 bits per heavy atom. The van der Waals surface area contributed by atoms with Crippen molar-refractivity contribution in [1.29, 1.82) is 0 Å². The number of nitrogens with one attached hydrogen (secondary N) is 1. The van der Waals surface area contributed by atoms with Crippen LogP contribution in [-0.2, 0) is 9.59 Å². The quantitative estimate of drug-likeness (QED) is 0.439. The summed E-state index contributed by atoms with van der Waals surface area (Å²) >= 11 is 3.99. The molecule has 0 unspecified atom stereocenters. The SMILES string of the molecule is O=C(CN1C(=O)S/C(=C/c2cc3ccccc3oc2=O)C1=O)Nc1ccccc1Br. The molecule has 2 aromatic carbocycles. The third-order valence-corrected chi connectivity index (χ3v) is 5.88. The average Bonchev–Trinajstić information content (AvgIpc) is 2.97. The topological polar surface area (TPSA) is 96.7 Å². The van der Waals surface area contributed by atoms with Gasteiger partial charge in [-0.05, 0) is 58.0 Å². The normalized spacial score (nSPS) is 15.2. The van der Waals surface area contributed by atoms with E-state index in [1.165, 1.54) is 6.08 Å². The largest absolute Gasteiger partial charge is 0.422 e. The molecule has 1 fully saturated rings. The molecule has 4 rings (SSSR count). The molecule has 9 heteroatoms. The van der Waals surface area contributed by atoms with Gasteiger partial charge in [-0.15, -0.1) is 0 Å². The number of carbonyl (C=O) groups excluding carboxylic acids is 3. The van der Waals surface area contributed by atoms with Crippen molar-refractivity contribution < 1.29 is 18.8 Å². The molecular weight excluding hydrogens is 472 g/mol. The maximum absolute atomic E-state index is 12.6. The monoisotopic (exact) mass is 484 g/mol. The number of fused-ring (bicyclic) bond motifs is 1. The molecule has 1 saturated heterocycles. The minimum atomic E-state index is -0.639. The van der Waals surface area contributed by atoms with E-state index in [9.17, 15) is 19.2 Å². The smallest absolute Gasteiger partial charge is 0.343 e. The summed E-state index contributed by atoms with van der Waals surface area (Å²) in [6.45, 7) is -0.435. The number of benzene rings is 2. The zero-order valence-electron chi connectivity index (χ0n) is 15.3. The second kappa shape index (κ2) is 8.29. The van der Waals surface area contributed by atoms with Crippen LogP contribution in [0.3, 0.4) is 0 Å². The van der Waals surface area contributed by atoms with Gasteiger partial charge in [-0.2, -0.15) is 0 Å². The third-order valence-electron chi connectivity index (χ3n) is 4.28. The summed E-state index contributed by atoms with van der Waals surface area (Å²) in [7, 11) is 0. The molecule has 0 saturated carbocycles. The van der Waals surface area contributed by atoms with E-state index in [-0.39, 0.29) is 10.5 Å². The molecule has 0 bridgehead atoms. The molecule has 0 aliphatic carbocycles. The van der Waals surface area contributed by atoms with Crippen LogP contribution in [0, 0.1) is 0 Å². The highest BCUT2D eigenvalue weighted by molar-refractivity contribution is 9.10. The van der Waals surface area contributed by atoms with Crippen LogP contribution >= 0.6 is 27.7 Å². The van der Waals surface area contributed by atoms with Crippen LogP contribution in [-0.4, -0.2) is 28.5 Å². The van der Waals surface area contributed by atoms with Gasteiger partial charge in [0.2, 0.25) is 5.91 Å². The zero-order valence-corrected chi connectivity index (χ0v) is 17.7. The molecule has 1 aliphatic heterocycles. The number of halogens is 1. The number of carbonyl (C=O) groups is 3. The predicted molar refractivity (Wildman–Crippen MR) is 118 cm³/mol. The highest BCUT2D eigenvalue weighted by Gasteiger charge is 2.36. The lowest BCUT2D eigenvalue weighted by Gasteiger charge is -2.13. The van der Waals surface area contributed by atoms with Crippen molar-refractivity contribution in [2.75, 3.05) is 11.9 Å². The Bertz CT molecular complexity index is 1280. The number of hydrogen-bond acceptors (Lipinski definition) is 6. The second-order valence-electron chi connectivity index (χ2n) is 6.32. The van der Waals surface area contributed by atoms with E-state index in [1.807, 2.05) is 0 Å². The van der Waals surface area contributed by atoms with E-state index in [2.05, 4.69) is 21.2 Å². The van der Waals surface area contributed by atoms with E-state index in [0.29, 0.717) is 32.9 Å². The average molecular weight is 485 g/mol. The molecule has 0 radical (unpaired) electrons. The van der Waals surface area contributed by atoms with Crippen LogP contribution in [0.15, 0.2) is 73.2 Å². The molecule has 3 amide bonds. The Hall–Kier alpha value is -3.17. The minimum Gasteiger partial charge on any atom is -0.422 e. The van der Waals surface area contributed by atoms with E-state index in [4.69, 9.17) is 4.42 Å². The molecule has 3 aromatic rings. The van der Waals surface area contributed by atoms with Crippen LogP contribution in [0.4, 0.5) is 10.5 Å². The fraction of sp³-hybridized carbons (Fsp3) is 0.0476. The first-order valence-electron chi connectivity index (χ1n) is 8.75. The molecule has 150 valence electrons. The van der Waals surface area contributed by atoms with Gasteiger partial charge < -0.3 is 9.73 Å². The van der Waals surface area contributed by atoms with Crippen LogP contribution in [0.2, 0.25) is 0 Å². The minimum absolute atomic E-state index is 0.0521. The summed E-state index contributed by atoms with van der Waals surface area (Å²) < 4.78 is 5.92. The van der Waals surface area contributed by atoms with Gasteiger partial charge in [0, 0.05) is 9.86 Å². The fourth-order valence-corrected chi connectivity index (χ4v) is 4.07. The first-order chi connectivity index (χ1) is 14.4. The fourth-order valence-electron chi connectivity index (χ4n) is 2.85. The van der Waals surface area contributed by atoms with Crippen molar-refractivity contribution in [3.8, 4) is 0 Å². The highest BCUT2D eigenvalue weighted by Crippen LogP contribution is 2.32. The molecule has 30 heavy (non-hydrogen) atoms. The second-order valence-corrected chi connectivity index (χ2v) is 8.17. The number of nitrogens with zero attached hydrogens (tertiary/aromatic N) is 1. The molecule has 1 aliphatic rings.